The highest BCUT2D eigenvalue weighted by atomic mass is 35.5. The molecule has 3 nitrogen and oxygen atoms in total. The second-order valence-electron chi connectivity index (χ2n) is 4.10. The SMILES string of the molecule is NC1CCN(CCc2ccc(Cl)cc2)C1=O. The molecule has 0 saturated carbocycles. The van der Waals surface area contributed by atoms with E-state index in [1.165, 1.54) is 5.56 Å². The third-order valence-electron chi connectivity index (χ3n) is 2.92. The molecule has 4 heteroatoms. The summed E-state index contributed by atoms with van der Waals surface area (Å²) in [6.07, 6.45) is 1.63. The minimum atomic E-state index is -0.287. The molecule has 1 aromatic rings. The zero-order valence-electron chi connectivity index (χ0n) is 9.03. The lowest BCUT2D eigenvalue weighted by atomic mass is 10.1. The third kappa shape index (κ3) is 2.54. The van der Waals surface area contributed by atoms with Crippen molar-refractivity contribution in [3.05, 3.63) is 34.9 Å². The molecule has 1 aliphatic rings. The predicted octanol–water partition coefficient (Wildman–Crippen LogP) is 1.44. The number of hydrogen-bond donors (Lipinski definition) is 1. The van der Waals surface area contributed by atoms with Crippen molar-refractivity contribution in [2.45, 2.75) is 18.9 Å². The molecular weight excluding hydrogens is 224 g/mol. The molecule has 0 aliphatic carbocycles. The summed E-state index contributed by atoms with van der Waals surface area (Å²) in [5.74, 6) is 0.0777. The van der Waals surface area contributed by atoms with Crippen LogP contribution < -0.4 is 5.73 Å². The summed E-state index contributed by atoms with van der Waals surface area (Å²) in [7, 11) is 0. The minimum absolute atomic E-state index is 0.0777. The van der Waals surface area contributed by atoms with Crippen LogP contribution in [0, 0.1) is 0 Å². The molecule has 1 aromatic carbocycles. The quantitative estimate of drug-likeness (QED) is 0.866. The molecule has 86 valence electrons. The highest BCUT2D eigenvalue weighted by molar-refractivity contribution is 6.30. The molecule has 0 spiro atoms. The smallest absolute Gasteiger partial charge is 0.239 e. The molecule has 0 aromatic heterocycles. The second kappa shape index (κ2) is 4.85. The van der Waals surface area contributed by atoms with Gasteiger partial charge in [-0.05, 0) is 30.5 Å². The lowest BCUT2D eigenvalue weighted by Gasteiger charge is -2.15. The van der Waals surface area contributed by atoms with Gasteiger partial charge in [-0.1, -0.05) is 23.7 Å². The maximum atomic E-state index is 11.6. The van der Waals surface area contributed by atoms with E-state index in [0.29, 0.717) is 0 Å². The van der Waals surface area contributed by atoms with Crippen LogP contribution in [0.2, 0.25) is 5.02 Å². The number of hydrogen-bond acceptors (Lipinski definition) is 2. The fourth-order valence-corrected chi connectivity index (χ4v) is 2.03. The fourth-order valence-electron chi connectivity index (χ4n) is 1.90. The summed E-state index contributed by atoms with van der Waals surface area (Å²) in [5, 5.41) is 0.739. The molecule has 1 aliphatic heterocycles. The summed E-state index contributed by atoms with van der Waals surface area (Å²) in [4.78, 5) is 13.4. The van der Waals surface area contributed by atoms with E-state index in [2.05, 4.69) is 0 Å². The second-order valence-corrected chi connectivity index (χ2v) is 4.53. The van der Waals surface area contributed by atoms with Gasteiger partial charge in [0.1, 0.15) is 0 Å². The van der Waals surface area contributed by atoms with Crippen molar-refractivity contribution in [3.63, 3.8) is 0 Å². The van der Waals surface area contributed by atoms with E-state index < -0.39 is 0 Å². The van der Waals surface area contributed by atoms with Crippen molar-refractivity contribution < 1.29 is 4.79 Å². The first-order chi connectivity index (χ1) is 7.66. The topological polar surface area (TPSA) is 46.3 Å². The van der Waals surface area contributed by atoms with E-state index in [1.54, 1.807) is 0 Å². The maximum absolute atomic E-state index is 11.6. The Balaban J connectivity index is 1.88. The number of nitrogens with two attached hydrogens (primary N) is 1. The van der Waals surface area contributed by atoms with E-state index in [4.69, 9.17) is 17.3 Å². The lowest BCUT2D eigenvalue weighted by Crippen LogP contribution is -2.35. The molecule has 1 fully saturated rings. The number of benzene rings is 1. The molecule has 1 saturated heterocycles. The molecule has 0 radical (unpaired) electrons. The Morgan fingerprint density at radius 1 is 1.38 bits per heavy atom. The highest BCUT2D eigenvalue weighted by Gasteiger charge is 2.27. The van der Waals surface area contributed by atoms with Crippen LogP contribution in [0.25, 0.3) is 0 Å². The summed E-state index contributed by atoms with van der Waals surface area (Å²) < 4.78 is 0. The predicted molar refractivity (Wildman–Crippen MR) is 64.3 cm³/mol. The van der Waals surface area contributed by atoms with Gasteiger partial charge in [0, 0.05) is 18.1 Å². The Labute approximate surface area is 100 Å². The van der Waals surface area contributed by atoms with Crippen LogP contribution in [0.4, 0.5) is 0 Å². The normalized spacial score (nSPS) is 20.5. The van der Waals surface area contributed by atoms with E-state index in [-0.39, 0.29) is 11.9 Å². The van der Waals surface area contributed by atoms with E-state index in [9.17, 15) is 4.79 Å². The Hall–Kier alpha value is -1.06. The van der Waals surface area contributed by atoms with Crippen molar-refractivity contribution >= 4 is 17.5 Å². The number of halogens is 1. The van der Waals surface area contributed by atoms with Gasteiger partial charge in [0.2, 0.25) is 5.91 Å². The Morgan fingerprint density at radius 3 is 2.62 bits per heavy atom. The van der Waals surface area contributed by atoms with Crippen LogP contribution in [0.3, 0.4) is 0 Å². The zero-order chi connectivity index (χ0) is 11.5. The average molecular weight is 239 g/mol. The first kappa shape index (κ1) is 11.4. The Kier molecular flexibility index (Phi) is 3.46. The van der Waals surface area contributed by atoms with Crippen molar-refractivity contribution in [3.8, 4) is 0 Å². The van der Waals surface area contributed by atoms with Crippen LogP contribution in [-0.2, 0) is 11.2 Å². The number of carbonyl (C=O) groups excluding carboxylic acids is 1. The van der Waals surface area contributed by atoms with E-state index in [0.717, 1.165) is 31.0 Å². The number of amides is 1. The Bertz CT molecular complexity index is 377. The van der Waals surface area contributed by atoms with Crippen molar-refractivity contribution in [1.82, 2.24) is 4.90 Å². The van der Waals surface area contributed by atoms with Crippen LogP contribution in [0.1, 0.15) is 12.0 Å². The van der Waals surface area contributed by atoms with Gasteiger partial charge in [-0.3, -0.25) is 4.79 Å². The van der Waals surface area contributed by atoms with Gasteiger partial charge in [0.05, 0.1) is 6.04 Å². The monoisotopic (exact) mass is 238 g/mol. The molecule has 2 rings (SSSR count). The number of rotatable bonds is 3. The molecule has 1 atom stereocenters. The summed E-state index contributed by atoms with van der Waals surface area (Å²) in [6.45, 7) is 1.53. The lowest BCUT2D eigenvalue weighted by molar-refractivity contribution is -0.128. The van der Waals surface area contributed by atoms with Gasteiger partial charge in [0.15, 0.2) is 0 Å². The fraction of sp³-hybridized carbons (Fsp3) is 0.417. The number of nitrogens with zero attached hydrogens (tertiary/aromatic N) is 1. The van der Waals surface area contributed by atoms with Crippen LogP contribution >= 0.6 is 11.6 Å². The average Bonchev–Trinajstić information content (AvgIpc) is 2.60. The standard InChI is InChI=1S/C12H15ClN2O/c13-10-3-1-9(2-4-10)5-7-15-8-6-11(14)12(15)16/h1-4,11H,5-8,14H2. The maximum Gasteiger partial charge on any atom is 0.239 e. The van der Waals surface area contributed by atoms with Gasteiger partial charge in [0.25, 0.3) is 0 Å². The summed E-state index contributed by atoms with van der Waals surface area (Å²) in [5.41, 5.74) is 6.84. The Morgan fingerprint density at radius 2 is 2.06 bits per heavy atom. The molecule has 1 amide bonds. The first-order valence-corrected chi connectivity index (χ1v) is 5.83. The highest BCUT2D eigenvalue weighted by Crippen LogP contribution is 2.13. The first-order valence-electron chi connectivity index (χ1n) is 5.45. The summed E-state index contributed by atoms with van der Waals surface area (Å²) >= 11 is 5.80. The van der Waals surface area contributed by atoms with Gasteiger partial charge in [-0.25, -0.2) is 0 Å². The van der Waals surface area contributed by atoms with Crippen LogP contribution in [-0.4, -0.2) is 29.9 Å². The van der Waals surface area contributed by atoms with E-state index in [1.807, 2.05) is 29.2 Å². The number of carbonyl (C=O) groups is 1. The van der Waals surface area contributed by atoms with Gasteiger partial charge < -0.3 is 10.6 Å². The minimum Gasteiger partial charge on any atom is -0.341 e. The van der Waals surface area contributed by atoms with Crippen molar-refractivity contribution in [1.29, 1.82) is 0 Å². The van der Waals surface area contributed by atoms with Gasteiger partial charge in [-0.15, -0.1) is 0 Å². The largest absolute Gasteiger partial charge is 0.341 e. The molecule has 1 heterocycles. The van der Waals surface area contributed by atoms with Crippen molar-refractivity contribution in [2.24, 2.45) is 5.73 Å². The van der Waals surface area contributed by atoms with E-state index >= 15 is 0 Å². The number of likely N-dealkylation sites (tertiary alicyclic amines) is 1. The van der Waals surface area contributed by atoms with Gasteiger partial charge in [-0.2, -0.15) is 0 Å². The van der Waals surface area contributed by atoms with Crippen LogP contribution in [0.15, 0.2) is 24.3 Å². The molecule has 16 heavy (non-hydrogen) atoms. The van der Waals surface area contributed by atoms with Gasteiger partial charge >= 0.3 is 0 Å². The zero-order valence-corrected chi connectivity index (χ0v) is 9.78. The third-order valence-corrected chi connectivity index (χ3v) is 3.17. The molecular formula is C12H15ClN2O. The molecule has 0 bridgehead atoms. The summed E-state index contributed by atoms with van der Waals surface area (Å²) in [6, 6.07) is 7.43. The van der Waals surface area contributed by atoms with Crippen molar-refractivity contribution in [2.75, 3.05) is 13.1 Å². The molecule has 2 N–H and O–H groups in total. The van der Waals surface area contributed by atoms with Crippen LogP contribution in [0.5, 0.6) is 0 Å². The molecule has 1 unspecified atom stereocenters.